The SMILES string of the molecule is CCCC(OC(=O)CCc1ccccc1)=C(C)C. The number of hydrogen-bond donors (Lipinski definition) is 0. The van der Waals surface area contributed by atoms with Crippen LogP contribution in [-0.4, -0.2) is 5.97 Å². The van der Waals surface area contributed by atoms with Crippen molar-refractivity contribution in [2.75, 3.05) is 0 Å². The second-order valence-corrected chi connectivity index (χ2v) is 4.63. The molecule has 0 aliphatic carbocycles. The molecule has 2 heteroatoms. The summed E-state index contributed by atoms with van der Waals surface area (Å²) in [4.78, 5) is 11.7. The molecule has 1 aromatic rings. The fraction of sp³-hybridized carbons (Fsp3) is 0.438. The fourth-order valence-corrected chi connectivity index (χ4v) is 1.71. The number of hydrogen-bond acceptors (Lipinski definition) is 2. The molecule has 0 aromatic heterocycles. The van der Waals surface area contributed by atoms with Gasteiger partial charge in [-0.2, -0.15) is 0 Å². The van der Waals surface area contributed by atoms with E-state index in [-0.39, 0.29) is 5.97 Å². The molecule has 18 heavy (non-hydrogen) atoms. The van der Waals surface area contributed by atoms with E-state index in [0.717, 1.165) is 30.6 Å². The standard InChI is InChI=1S/C16H22O2/c1-4-8-15(13(2)3)18-16(17)12-11-14-9-6-5-7-10-14/h5-7,9-10H,4,8,11-12H2,1-3H3. The van der Waals surface area contributed by atoms with Crippen LogP contribution in [0.1, 0.15) is 45.6 Å². The lowest BCUT2D eigenvalue weighted by molar-refractivity contribution is -0.139. The van der Waals surface area contributed by atoms with E-state index >= 15 is 0 Å². The van der Waals surface area contributed by atoms with Crippen molar-refractivity contribution < 1.29 is 9.53 Å². The van der Waals surface area contributed by atoms with Crippen LogP contribution in [0.15, 0.2) is 41.7 Å². The van der Waals surface area contributed by atoms with Crippen molar-refractivity contribution in [2.24, 2.45) is 0 Å². The lowest BCUT2D eigenvalue weighted by Gasteiger charge is -2.10. The summed E-state index contributed by atoms with van der Waals surface area (Å²) in [5.74, 6) is 0.694. The first-order valence-corrected chi connectivity index (χ1v) is 6.54. The van der Waals surface area contributed by atoms with E-state index in [0.29, 0.717) is 6.42 Å². The van der Waals surface area contributed by atoms with E-state index in [1.54, 1.807) is 0 Å². The van der Waals surface area contributed by atoms with Gasteiger partial charge in [-0.1, -0.05) is 37.3 Å². The van der Waals surface area contributed by atoms with Crippen molar-refractivity contribution in [1.82, 2.24) is 0 Å². The molecule has 0 saturated heterocycles. The Hall–Kier alpha value is -1.57. The second kappa shape index (κ2) is 7.70. The van der Waals surface area contributed by atoms with Crippen LogP contribution in [0.2, 0.25) is 0 Å². The van der Waals surface area contributed by atoms with Crippen molar-refractivity contribution in [3.63, 3.8) is 0 Å². The highest BCUT2D eigenvalue weighted by molar-refractivity contribution is 5.71. The van der Waals surface area contributed by atoms with Gasteiger partial charge in [-0.05, 0) is 37.8 Å². The predicted octanol–water partition coefficient (Wildman–Crippen LogP) is 4.26. The summed E-state index contributed by atoms with van der Waals surface area (Å²) >= 11 is 0. The highest BCUT2D eigenvalue weighted by Gasteiger charge is 2.08. The van der Waals surface area contributed by atoms with Crippen LogP contribution in [-0.2, 0) is 16.0 Å². The Morgan fingerprint density at radius 3 is 2.33 bits per heavy atom. The van der Waals surface area contributed by atoms with Gasteiger partial charge in [0.15, 0.2) is 0 Å². The minimum atomic E-state index is -0.136. The zero-order chi connectivity index (χ0) is 13.4. The Morgan fingerprint density at radius 2 is 1.78 bits per heavy atom. The summed E-state index contributed by atoms with van der Waals surface area (Å²) < 4.78 is 5.41. The lowest BCUT2D eigenvalue weighted by atomic mass is 10.1. The summed E-state index contributed by atoms with van der Waals surface area (Å²) in [5.41, 5.74) is 2.26. The van der Waals surface area contributed by atoms with Crippen molar-refractivity contribution in [2.45, 2.75) is 46.5 Å². The molecule has 0 unspecified atom stereocenters. The second-order valence-electron chi connectivity index (χ2n) is 4.63. The average Bonchev–Trinajstić information content (AvgIpc) is 2.37. The number of esters is 1. The molecule has 0 spiro atoms. The molecule has 0 fully saturated rings. The highest BCUT2D eigenvalue weighted by atomic mass is 16.5. The molecule has 98 valence electrons. The first-order valence-electron chi connectivity index (χ1n) is 6.54. The van der Waals surface area contributed by atoms with Crippen LogP contribution in [0.3, 0.4) is 0 Å². The van der Waals surface area contributed by atoms with E-state index in [4.69, 9.17) is 4.74 Å². The third-order valence-electron chi connectivity index (χ3n) is 2.73. The monoisotopic (exact) mass is 246 g/mol. The Balaban J connectivity index is 2.44. The molecule has 0 N–H and O–H groups in total. The zero-order valence-corrected chi connectivity index (χ0v) is 11.5. The first kappa shape index (κ1) is 14.5. The van der Waals surface area contributed by atoms with E-state index in [9.17, 15) is 4.79 Å². The quantitative estimate of drug-likeness (QED) is 0.554. The molecule has 0 atom stereocenters. The summed E-state index contributed by atoms with van der Waals surface area (Å²) in [6, 6.07) is 10.0. The molecule has 0 heterocycles. The maximum atomic E-state index is 11.7. The van der Waals surface area contributed by atoms with Gasteiger partial charge in [0.2, 0.25) is 0 Å². The molecule has 0 bridgehead atoms. The van der Waals surface area contributed by atoms with Gasteiger partial charge in [0.05, 0.1) is 0 Å². The topological polar surface area (TPSA) is 26.3 Å². The van der Waals surface area contributed by atoms with Crippen LogP contribution in [0.5, 0.6) is 0 Å². The van der Waals surface area contributed by atoms with Crippen LogP contribution < -0.4 is 0 Å². The van der Waals surface area contributed by atoms with Gasteiger partial charge in [-0.3, -0.25) is 4.79 Å². The number of ether oxygens (including phenoxy) is 1. The Bertz CT molecular complexity index is 400. The number of allylic oxidation sites excluding steroid dienone is 2. The van der Waals surface area contributed by atoms with Gasteiger partial charge in [0.1, 0.15) is 5.76 Å². The number of benzene rings is 1. The average molecular weight is 246 g/mol. The van der Waals surface area contributed by atoms with Gasteiger partial charge in [-0.25, -0.2) is 0 Å². The van der Waals surface area contributed by atoms with Gasteiger partial charge in [-0.15, -0.1) is 0 Å². The Morgan fingerprint density at radius 1 is 1.11 bits per heavy atom. The first-order chi connectivity index (χ1) is 8.63. The fourth-order valence-electron chi connectivity index (χ4n) is 1.71. The smallest absolute Gasteiger partial charge is 0.311 e. The number of rotatable bonds is 6. The molecule has 0 saturated carbocycles. The normalized spacial score (nSPS) is 9.94. The van der Waals surface area contributed by atoms with Gasteiger partial charge < -0.3 is 4.74 Å². The third kappa shape index (κ3) is 5.17. The predicted molar refractivity (Wildman–Crippen MR) is 74.1 cm³/mol. The van der Waals surface area contributed by atoms with E-state index in [1.807, 2.05) is 44.2 Å². The van der Waals surface area contributed by atoms with Crippen molar-refractivity contribution in [3.8, 4) is 0 Å². The van der Waals surface area contributed by atoms with Gasteiger partial charge in [0, 0.05) is 12.8 Å². The van der Waals surface area contributed by atoms with Crippen LogP contribution in [0.25, 0.3) is 0 Å². The molecular formula is C16H22O2. The zero-order valence-electron chi connectivity index (χ0n) is 11.5. The lowest BCUT2D eigenvalue weighted by Crippen LogP contribution is -2.07. The minimum absolute atomic E-state index is 0.136. The van der Waals surface area contributed by atoms with Crippen molar-refractivity contribution in [1.29, 1.82) is 0 Å². The Kier molecular flexibility index (Phi) is 6.20. The van der Waals surface area contributed by atoms with Gasteiger partial charge >= 0.3 is 5.97 Å². The van der Waals surface area contributed by atoms with Crippen LogP contribution >= 0.6 is 0 Å². The summed E-state index contributed by atoms with van der Waals surface area (Å²) in [6.07, 6.45) is 3.00. The van der Waals surface area contributed by atoms with E-state index in [1.165, 1.54) is 5.56 Å². The Labute approximate surface area is 110 Å². The molecule has 0 amide bonds. The maximum absolute atomic E-state index is 11.7. The summed E-state index contributed by atoms with van der Waals surface area (Å²) in [7, 11) is 0. The summed E-state index contributed by atoms with van der Waals surface area (Å²) in [5, 5.41) is 0. The minimum Gasteiger partial charge on any atom is -0.431 e. The summed E-state index contributed by atoms with van der Waals surface area (Å²) in [6.45, 7) is 6.05. The van der Waals surface area contributed by atoms with Gasteiger partial charge in [0.25, 0.3) is 0 Å². The van der Waals surface area contributed by atoms with E-state index < -0.39 is 0 Å². The third-order valence-corrected chi connectivity index (χ3v) is 2.73. The molecule has 0 aliphatic rings. The molecule has 0 aliphatic heterocycles. The van der Waals surface area contributed by atoms with Crippen molar-refractivity contribution >= 4 is 5.97 Å². The number of carbonyl (C=O) groups is 1. The largest absolute Gasteiger partial charge is 0.431 e. The molecule has 2 nitrogen and oxygen atoms in total. The highest BCUT2D eigenvalue weighted by Crippen LogP contribution is 2.14. The molecule has 1 aromatic carbocycles. The van der Waals surface area contributed by atoms with Crippen molar-refractivity contribution in [3.05, 3.63) is 47.2 Å². The number of carbonyl (C=O) groups excluding carboxylic acids is 1. The molecule has 0 radical (unpaired) electrons. The van der Waals surface area contributed by atoms with Crippen LogP contribution in [0.4, 0.5) is 0 Å². The van der Waals surface area contributed by atoms with E-state index in [2.05, 4.69) is 6.92 Å². The molecule has 1 rings (SSSR count). The van der Waals surface area contributed by atoms with Crippen LogP contribution in [0, 0.1) is 0 Å². The molecular weight excluding hydrogens is 224 g/mol. The number of aryl methyl sites for hydroxylation is 1. The maximum Gasteiger partial charge on any atom is 0.311 e.